The summed E-state index contributed by atoms with van der Waals surface area (Å²) in [5, 5.41) is 32.2. The van der Waals surface area contributed by atoms with Crippen molar-refractivity contribution in [3.05, 3.63) is 35.6 Å². The summed E-state index contributed by atoms with van der Waals surface area (Å²) < 4.78 is 12.9. The normalized spacial score (nSPS) is 12.6. The molecule has 0 radical (unpaired) electrons. The highest BCUT2D eigenvalue weighted by Crippen LogP contribution is 2.07. The van der Waals surface area contributed by atoms with Crippen LogP contribution >= 0.6 is 0 Å². The number of rotatable bonds is 14. The second kappa shape index (κ2) is 13.2. The number of nitrogens with one attached hydrogen (secondary N) is 2. The summed E-state index contributed by atoms with van der Waals surface area (Å²) in [7, 11) is 1.47. The first-order valence-corrected chi connectivity index (χ1v) is 9.77. The standard InChI is InChI=1S/C20H28FN3O7/c1-24(20(31)23-16(19(29)30)9-10-17(25)26)11-3-2-4-15(18(27)28)22-12-13-5-7-14(21)8-6-13/h5-8,15-16,22H,2-4,9-12H2,1H3,(H,23,31)(H,25,26)(H,27,28)(H,29,30)/t15-,16-/m0/s1. The first-order valence-electron chi connectivity index (χ1n) is 9.77. The van der Waals surface area contributed by atoms with Crippen LogP contribution in [0.25, 0.3) is 0 Å². The van der Waals surface area contributed by atoms with E-state index in [9.17, 15) is 28.7 Å². The van der Waals surface area contributed by atoms with Crippen LogP contribution in [-0.2, 0) is 20.9 Å². The molecule has 0 heterocycles. The zero-order valence-electron chi connectivity index (χ0n) is 17.2. The number of aliphatic carboxylic acids is 3. The van der Waals surface area contributed by atoms with Gasteiger partial charge in [0, 0.05) is 26.6 Å². The lowest BCUT2D eigenvalue weighted by molar-refractivity contribution is -0.141. The topological polar surface area (TPSA) is 156 Å². The summed E-state index contributed by atoms with van der Waals surface area (Å²) in [6.45, 7) is 0.536. The predicted octanol–water partition coefficient (Wildman–Crippen LogP) is 1.50. The summed E-state index contributed by atoms with van der Waals surface area (Å²) in [6.07, 6.45) is 0.667. The molecule has 0 saturated heterocycles. The molecule has 10 nitrogen and oxygen atoms in total. The molecule has 0 fully saturated rings. The molecule has 2 atom stereocenters. The average Bonchev–Trinajstić information content (AvgIpc) is 2.70. The molecule has 172 valence electrons. The Morgan fingerprint density at radius 2 is 1.58 bits per heavy atom. The Kier molecular flexibility index (Phi) is 11.0. The molecule has 0 unspecified atom stereocenters. The second-order valence-electron chi connectivity index (χ2n) is 7.09. The van der Waals surface area contributed by atoms with E-state index in [1.54, 1.807) is 12.1 Å². The minimum Gasteiger partial charge on any atom is -0.481 e. The molecule has 0 aliphatic heterocycles. The van der Waals surface area contributed by atoms with Crippen molar-refractivity contribution in [1.82, 2.24) is 15.5 Å². The van der Waals surface area contributed by atoms with Gasteiger partial charge in [-0.25, -0.2) is 14.0 Å². The molecule has 0 aromatic heterocycles. The zero-order chi connectivity index (χ0) is 23.4. The van der Waals surface area contributed by atoms with E-state index in [2.05, 4.69) is 10.6 Å². The van der Waals surface area contributed by atoms with Crippen molar-refractivity contribution in [3.63, 3.8) is 0 Å². The Balaban J connectivity index is 2.39. The van der Waals surface area contributed by atoms with Gasteiger partial charge in [-0.05, 0) is 43.4 Å². The molecule has 0 aliphatic rings. The molecule has 0 saturated carbocycles. The van der Waals surface area contributed by atoms with Crippen LogP contribution in [0.1, 0.15) is 37.7 Å². The van der Waals surface area contributed by atoms with Gasteiger partial charge in [0.2, 0.25) is 0 Å². The van der Waals surface area contributed by atoms with Gasteiger partial charge in [-0.3, -0.25) is 9.59 Å². The largest absolute Gasteiger partial charge is 0.481 e. The molecule has 1 rings (SSSR count). The van der Waals surface area contributed by atoms with E-state index < -0.39 is 36.0 Å². The van der Waals surface area contributed by atoms with Gasteiger partial charge >= 0.3 is 23.9 Å². The number of amides is 2. The van der Waals surface area contributed by atoms with Crippen molar-refractivity contribution < 1.29 is 38.9 Å². The lowest BCUT2D eigenvalue weighted by atomic mass is 10.1. The van der Waals surface area contributed by atoms with Gasteiger partial charge in [0.05, 0.1) is 0 Å². The molecular formula is C20H28FN3O7. The first-order chi connectivity index (χ1) is 14.6. The van der Waals surface area contributed by atoms with Gasteiger partial charge in [-0.2, -0.15) is 0 Å². The van der Waals surface area contributed by atoms with Gasteiger partial charge in [0.25, 0.3) is 0 Å². The number of unbranched alkanes of at least 4 members (excludes halogenated alkanes) is 1. The molecule has 0 bridgehead atoms. The Labute approximate surface area is 179 Å². The summed E-state index contributed by atoms with van der Waals surface area (Å²) in [5.41, 5.74) is 0.750. The van der Waals surface area contributed by atoms with E-state index in [-0.39, 0.29) is 31.7 Å². The van der Waals surface area contributed by atoms with Crippen LogP contribution in [0.5, 0.6) is 0 Å². The number of benzene rings is 1. The van der Waals surface area contributed by atoms with E-state index in [0.717, 1.165) is 5.56 Å². The Morgan fingerprint density at radius 1 is 0.968 bits per heavy atom. The fourth-order valence-corrected chi connectivity index (χ4v) is 2.74. The maximum Gasteiger partial charge on any atom is 0.326 e. The van der Waals surface area contributed by atoms with Crippen LogP contribution in [0, 0.1) is 5.82 Å². The van der Waals surface area contributed by atoms with E-state index in [1.165, 1.54) is 24.1 Å². The molecule has 31 heavy (non-hydrogen) atoms. The van der Waals surface area contributed by atoms with Crippen LogP contribution in [0.4, 0.5) is 9.18 Å². The van der Waals surface area contributed by atoms with Gasteiger partial charge < -0.3 is 30.9 Å². The Bertz CT molecular complexity index is 758. The summed E-state index contributed by atoms with van der Waals surface area (Å²) in [5.74, 6) is -3.87. The van der Waals surface area contributed by atoms with Crippen molar-refractivity contribution in [2.75, 3.05) is 13.6 Å². The fraction of sp³-hybridized carbons (Fsp3) is 0.500. The number of carboxylic acid groups (broad SMARTS) is 3. The average molecular weight is 441 g/mol. The molecule has 1 aromatic carbocycles. The highest BCUT2D eigenvalue weighted by molar-refractivity contribution is 5.83. The molecular weight excluding hydrogens is 413 g/mol. The molecule has 11 heteroatoms. The maximum absolute atomic E-state index is 12.9. The number of halogens is 1. The second-order valence-corrected chi connectivity index (χ2v) is 7.09. The van der Waals surface area contributed by atoms with Crippen molar-refractivity contribution in [3.8, 4) is 0 Å². The highest BCUT2D eigenvalue weighted by Gasteiger charge is 2.22. The number of hydrogen-bond acceptors (Lipinski definition) is 5. The maximum atomic E-state index is 12.9. The van der Waals surface area contributed by atoms with Crippen LogP contribution in [-0.4, -0.2) is 69.8 Å². The third-order valence-electron chi connectivity index (χ3n) is 4.59. The fourth-order valence-electron chi connectivity index (χ4n) is 2.74. The zero-order valence-corrected chi connectivity index (χ0v) is 17.2. The number of carboxylic acids is 3. The van der Waals surface area contributed by atoms with Crippen molar-refractivity contribution >= 4 is 23.9 Å². The van der Waals surface area contributed by atoms with Gasteiger partial charge in [0.15, 0.2) is 0 Å². The Morgan fingerprint density at radius 3 is 2.13 bits per heavy atom. The van der Waals surface area contributed by atoms with Crippen molar-refractivity contribution in [2.45, 2.75) is 50.7 Å². The van der Waals surface area contributed by atoms with Crippen LogP contribution < -0.4 is 10.6 Å². The van der Waals surface area contributed by atoms with Crippen LogP contribution in [0.2, 0.25) is 0 Å². The lowest BCUT2D eigenvalue weighted by Crippen LogP contribution is -2.47. The van der Waals surface area contributed by atoms with Crippen LogP contribution in [0.3, 0.4) is 0 Å². The van der Waals surface area contributed by atoms with Gasteiger partial charge in [-0.15, -0.1) is 0 Å². The van der Waals surface area contributed by atoms with Crippen LogP contribution in [0.15, 0.2) is 24.3 Å². The van der Waals surface area contributed by atoms with Crippen molar-refractivity contribution in [2.24, 2.45) is 0 Å². The molecule has 2 amide bonds. The number of urea groups is 1. The third-order valence-corrected chi connectivity index (χ3v) is 4.59. The SMILES string of the molecule is CN(CCCC[C@H](NCc1ccc(F)cc1)C(=O)O)C(=O)N[C@@H](CCC(=O)O)C(=O)O. The van der Waals surface area contributed by atoms with Gasteiger partial charge in [0.1, 0.15) is 17.9 Å². The van der Waals surface area contributed by atoms with Crippen molar-refractivity contribution in [1.29, 1.82) is 0 Å². The number of carbonyl (C=O) groups excluding carboxylic acids is 1. The minimum absolute atomic E-state index is 0.232. The van der Waals surface area contributed by atoms with E-state index >= 15 is 0 Å². The Hall–Kier alpha value is -3.21. The van der Waals surface area contributed by atoms with E-state index in [0.29, 0.717) is 19.3 Å². The summed E-state index contributed by atoms with van der Waals surface area (Å²) in [4.78, 5) is 46.5. The molecule has 5 N–H and O–H groups in total. The monoisotopic (exact) mass is 441 g/mol. The third kappa shape index (κ3) is 10.4. The highest BCUT2D eigenvalue weighted by atomic mass is 19.1. The molecule has 0 spiro atoms. The van der Waals surface area contributed by atoms with E-state index in [4.69, 9.17) is 10.2 Å². The predicted molar refractivity (Wildman–Crippen MR) is 108 cm³/mol. The molecule has 1 aromatic rings. The summed E-state index contributed by atoms with van der Waals surface area (Å²) in [6, 6.07) is 2.96. The lowest BCUT2D eigenvalue weighted by Gasteiger charge is -2.21. The summed E-state index contributed by atoms with van der Waals surface area (Å²) >= 11 is 0. The smallest absolute Gasteiger partial charge is 0.326 e. The molecule has 0 aliphatic carbocycles. The number of carbonyl (C=O) groups is 4. The number of nitrogens with zero attached hydrogens (tertiary/aromatic N) is 1. The quantitative estimate of drug-likeness (QED) is 0.272. The van der Waals surface area contributed by atoms with E-state index in [1.807, 2.05) is 0 Å². The number of hydrogen-bond donors (Lipinski definition) is 5. The minimum atomic E-state index is -1.32. The van der Waals surface area contributed by atoms with Gasteiger partial charge in [-0.1, -0.05) is 12.1 Å². The first kappa shape index (κ1) is 25.8.